The highest BCUT2D eigenvalue weighted by Gasteiger charge is 2.15. The molecular formula is C18H16N4O. The summed E-state index contributed by atoms with van der Waals surface area (Å²) in [5.41, 5.74) is 4.22. The molecule has 0 spiro atoms. The summed E-state index contributed by atoms with van der Waals surface area (Å²) < 4.78 is 6.92. The Morgan fingerprint density at radius 1 is 1.13 bits per heavy atom. The van der Waals surface area contributed by atoms with E-state index in [0.717, 1.165) is 28.3 Å². The molecule has 0 N–H and O–H groups in total. The third kappa shape index (κ3) is 2.92. The van der Waals surface area contributed by atoms with Gasteiger partial charge in [-0.15, -0.1) is 5.10 Å². The topological polar surface area (TPSA) is 63.7 Å². The maximum atomic E-state index is 9.32. The average molecular weight is 304 g/mol. The van der Waals surface area contributed by atoms with Crippen molar-refractivity contribution < 1.29 is 4.74 Å². The first-order valence-electron chi connectivity index (χ1n) is 7.26. The second-order valence-corrected chi connectivity index (χ2v) is 5.22. The van der Waals surface area contributed by atoms with E-state index in [0.29, 0.717) is 12.1 Å². The Balaban J connectivity index is 2.02. The van der Waals surface area contributed by atoms with Crippen LogP contribution in [0.15, 0.2) is 48.5 Å². The molecule has 1 heterocycles. The smallest absolute Gasteiger partial charge is 0.186 e. The summed E-state index contributed by atoms with van der Waals surface area (Å²) in [5.74, 6) is 0.805. The molecule has 114 valence electrons. The van der Waals surface area contributed by atoms with Crippen molar-refractivity contribution in [3.63, 3.8) is 0 Å². The Morgan fingerprint density at radius 2 is 1.87 bits per heavy atom. The van der Waals surface area contributed by atoms with Crippen LogP contribution in [-0.2, 0) is 6.42 Å². The number of para-hydroxylation sites is 1. The zero-order chi connectivity index (χ0) is 16.2. The van der Waals surface area contributed by atoms with E-state index in [4.69, 9.17) is 4.74 Å². The van der Waals surface area contributed by atoms with Crippen molar-refractivity contribution in [1.29, 1.82) is 5.26 Å². The van der Waals surface area contributed by atoms with Crippen molar-refractivity contribution in [2.24, 2.45) is 0 Å². The largest absolute Gasteiger partial charge is 0.497 e. The molecule has 3 aromatic rings. The molecular weight excluding hydrogens is 288 g/mol. The highest BCUT2D eigenvalue weighted by molar-refractivity contribution is 5.43. The SMILES string of the molecule is COc1ccc(Cc2c(C#N)nnn2-c2ccccc2C)cc1. The van der Waals surface area contributed by atoms with E-state index in [1.807, 2.05) is 55.5 Å². The van der Waals surface area contributed by atoms with Gasteiger partial charge in [0.2, 0.25) is 0 Å². The quantitative estimate of drug-likeness (QED) is 0.743. The first-order valence-corrected chi connectivity index (χ1v) is 7.26. The fraction of sp³-hybridized carbons (Fsp3) is 0.167. The number of hydrogen-bond donors (Lipinski definition) is 0. The Labute approximate surface area is 134 Å². The molecule has 0 bridgehead atoms. The Bertz CT molecular complexity index is 859. The highest BCUT2D eigenvalue weighted by atomic mass is 16.5. The molecule has 0 saturated carbocycles. The van der Waals surface area contributed by atoms with E-state index in [1.165, 1.54) is 0 Å². The third-order valence-corrected chi connectivity index (χ3v) is 3.74. The Kier molecular flexibility index (Phi) is 4.07. The minimum absolute atomic E-state index is 0.351. The summed E-state index contributed by atoms with van der Waals surface area (Å²) in [6.07, 6.45) is 0.578. The van der Waals surface area contributed by atoms with E-state index in [-0.39, 0.29) is 0 Å². The number of ether oxygens (including phenoxy) is 1. The molecule has 0 aliphatic rings. The molecule has 0 saturated heterocycles. The first kappa shape index (κ1) is 14.8. The van der Waals surface area contributed by atoms with Crippen molar-refractivity contribution in [1.82, 2.24) is 15.0 Å². The number of rotatable bonds is 4. The predicted octanol–water partition coefficient (Wildman–Crippen LogP) is 3.05. The fourth-order valence-corrected chi connectivity index (χ4v) is 2.48. The van der Waals surface area contributed by atoms with Gasteiger partial charge in [-0.25, -0.2) is 4.68 Å². The van der Waals surface area contributed by atoms with Crippen LogP contribution in [0.5, 0.6) is 5.75 Å². The molecule has 0 radical (unpaired) electrons. The number of aryl methyl sites for hydroxylation is 1. The van der Waals surface area contributed by atoms with Crippen LogP contribution >= 0.6 is 0 Å². The van der Waals surface area contributed by atoms with E-state index < -0.39 is 0 Å². The van der Waals surface area contributed by atoms with Gasteiger partial charge in [-0.1, -0.05) is 35.5 Å². The maximum absolute atomic E-state index is 9.32. The maximum Gasteiger partial charge on any atom is 0.186 e. The molecule has 0 amide bonds. The lowest BCUT2D eigenvalue weighted by Gasteiger charge is -2.09. The number of nitriles is 1. The summed E-state index contributed by atoms with van der Waals surface area (Å²) in [7, 11) is 1.64. The highest BCUT2D eigenvalue weighted by Crippen LogP contribution is 2.20. The lowest BCUT2D eigenvalue weighted by molar-refractivity contribution is 0.414. The molecule has 5 heteroatoms. The molecule has 2 aromatic carbocycles. The Hall–Kier alpha value is -3.13. The molecule has 1 aromatic heterocycles. The van der Waals surface area contributed by atoms with Crippen LogP contribution in [0.4, 0.5) is 0 Å². The van der Waals surface area contributed by atoms with E-state index >= 15 is 0 Å². The van der Waals surface area contributed by atoms with Gasteiger partial charge in [0.05, 0.1) is 18.5 Å². The fourth-order valence-electron chi connectivity index (χ4n) is 2.48. The van der Waals surface area contributed by atoms with Gasteiger partial charge in [0.25, 0.3) is 0 Å². The van der Waals surface area contributed by atoms with Crippen LogP contribution in [0.2, 0.25) is 0 Å². The molecule has 3 rings (SSSR count). The number of benzene rings is 2. The van der Waals surface area contributed by atoms with Crippen molar-refractivity contribution in [2.75, 3.05) is 7.11 Å². The van der Waals surface area contributed by atoms with Crippen molar-refractivity contribution >= 4 is 0 Å². The summed E-state index contributed by atoms with van der Waals surface area (Å²) in [6.45, 7) is 2.01. The van der Waals surface area contributed by atoms with Crippen LogP contribution in [0.25, 0.3) is 5.69 Å². The van der Waals surface area contributed by atoms with Gasteiger partial charge >= 0.3 is 0 Å². The molecule has 0 fully saturated rings. The van der Waals surface area contributed by atoms with Crippen molar-refractivity contribution in [3.8, 4) is 17.5 Å². The average Bonchev–Trinajstić information content (AvgIpc) is 2.98. The van der Waals surface area contributed by atoms with E-state index in [2.05, 4.69) is 16.4 Å². The standard InChI is InChI=1S/C18H16N4O/c1-13-5-3-4-6-17(13)22-18(16(12-19)20-21-22)11-14-7-9-15(23-2)10-8-14/h3-10H,11H2,1-2H3. The molecule has 23 heavy (non-hydrogen) atoms. The van der Waals surface area contributed by atoms with Gasteiger partial charge in [-0.3, -0.25) is 0 Å². The predicted molar refractivity (Wildman–Crippen MR) is 86.6 cm³/mol. The summed E-state index contributed by atoms with van der Waals surface area (Å²) in [6, 6.07) is 17.8. The third-order valence-electron chi connectivity index (χ3n) is 3.74. The van der Waals surface area contributed by atoms with Gasteiger partial charge in [0.1, 0.15) is 11.8 Å². The molecule has 0 aliphatic heterocycles. The number of methoxy groups -OCH3 is 1. The zero-order valence-corrected chi connectivity index (χ0v) is 13.0. The van der Waals surface area contributed by atoms with Crippen molar-refractivity contribution in [2.45, 2.75) is 13.3 Å². The monoisotopic (exact) mass is 304 g/mol. The number of hydrogen-bond acceptors (Lipinski definition) is 4. The van der Waals surface area contributed by atoms with Crippen LogP contribution in [0.3, 0.4) is 0 Å². The van der Waals surface area contributed by atoms with Crippen LogP contribution < -0.4 is 4.74 Å². The van der Waals surface area contributed by atoms with Gasteiger partial charge in [0, 0.05) is 6.42 Å². The van der Waals surface area contributed by atoms with Gasteiger partial charge in [-0.2, -0.15) is 5.26 Å². The molecule has 5 nitrogen and oxygen atoms in total. The van der Waals surface area contributed by atoms with Gasteiger partial charge in [-0.05, 0) is 36.2 Å². The second-order valence-electron chi connectivity index (χ2n) is 5.22. The minimum Gasteiger partial charge on any atom is -0.497 e. The number of nitrogens with zero attached hydrogens (tertiary/aromatic N) is 4. The number of aromatic nitrogens is 3. The van der Waals surface area contributed by atoms with Crippen LogP contribution in [0, 0.1) is 18.3 Å². The first-order chi connectivity index (χ1) is 11.2. The van der Waals surface area contributed by atoms with E-state index in [1.54, 1.807) is 11.8 Å². The van der Waals surface area contributed by atoms with E-state index in [9.17, 15) is 5.26 Å². The molecule has 0 unspecified atom stereocenters. The summed E-state index contributed by atoms with van der Waals surface area (Å²) in [5, 5.41) is 17.5. The van der Waals surface area contributed by atoms with Crippen LogP contribution in [0.1, 0.15) is 22.5 Å². The molecule has 0 atom stereocenters. The Morgan fingerprint density at radius 3 is 2.52 bits per heavy atom. The minimum atomic E-state index is 0.351. The van der Waals surface area contributed by atoms with Crippen molar-refractivity contribution in [3.05, 3.63) is 71.0 Å². The summed E-state index contributed by atoms with van der Waals surface area (Å²) >= 11 is 0. The van der Waals surface area contributed by atoms with Crippen LogP contribution in [-0.4, -0.2) is 22.1 Å². The lowest BCUT2D eigenvalue weighted by Crippen LogP contribution is -2.05. The van der Waals surface area contributed by atoms with Gasteiger partial charge in [0.15, 0.2) is 5.69 Å². The summed E-state index contributed by atoms with van der Waals surface area (Å²) in [4.78, 5) is 0. The normalized spacial score (nSPS) is 10.3. The lowest BCUT2D eigenvalue weighted by atomic mass is 10.1. The molecule has 0 aliphatic carbocycles. The van der Waals surface area contributed by atoms with Gasteiger partial charge < -0.3 is 4.74 Å². The zero-order valence-electron chi connectivity index (χ0n) is 13.0. The second kappa shape index (κ2) is 6.32.